The number of rotatable bonds is 0. The molecule has 11 heavy (non-hydrogen) atoms. The maximum atomic E-state index is 12.1. The summed E-state index contributed by atoms with van der Waals surface area (Å²) in [6.45, 7) is 0. The molecule has 0 heterocycles. The molecule has 2 nitrogen and oxygen atoms in total. The molecule has 0 amide bonds. The fourth-order valence-corrected chi connectivity index (χ4v) is 0.831. The SMILES string of the molecule is Fc1cccc(Br)c1.O[B]O. The van der Waals surface area contributed by atoms with Crippen molar-refractivity contribution in [1.82, 2.24) is 0 Å². The summed E-state index contributed by atoms with van der Waals surface area (Å²) >= 11 is 3.12. The zero-order valence-corrected chi connectivity index (χ0v) is 7.12. The molecule has 0 aromatic heterocycles. The third-order valence-corrected chi connectivity index (χ3v) is 1.28. The molecule has 0 atom stereocenters. The van der Waals surface area contributed by atoms with Crippen LogP contribution < -0.4 is 0 Å². The van der Waals surface area contributed by atoms with Crippen LogP contribution in [0, 0.1) is 5.82 Å². The average Bonchev–Trinajstić information content (AvgIpc) is 1.88. The lowest BCUT2D eigenvalue weighted by Crippen LogP contribution is -1.75. The second-order valence-electron chi connectivity index (χ2n) is 1.56. The van der Waals surface area contributed by atoms with E-state index in [-0.39, 0.29) is 13.5 Å². The minimum absolute atomic E-state index is 0. The second kappa shape index (κ2) is 6.33. The Balaban J connectivity index is 0.000000292. The predicted octanol–water partition coefficient (Wildman–Crippen LogP) is 1.09. The molecule has 2 N–H and O–H groups in total. The molecule has 0 unspecified atom stereocenters. The molecule has 0 aliphatic carbocycles. The van der Waals surface area contributed by atoms with Gasteiger partial charge >= 0.3 is 7.69 Å². The summed E-state index contributed by atoms with van der Waals surface area (Å²) in [5.74, 6) is -0.209. The van der Waals surface area contributed by atoms with Crippen LogP contribution in [0.4, 0.5) is 4.39 Å². The molecule has 5 heteroatoms. The Morgan fingerprint density at radius 2 is 1.91 bits per heavy atom. The van der Waals surface area contributed by atoms with E-state index >= 15 is 0 Å². The van der Waals surface area contributed by atoms with E-state index in [1.54, 1.807) is 12.1 Å². The Hall–Kier alpha value is -0.385. The van der Waals surface area contributed by atoms with Crippen molar-refractivity contribution in [3.05, 3.63) is 34.6 Å². The molecule has 0 fully saturated rings. The molecule has 0 spiro atoms. The summed E-state index contributed by atoms with van der Waals surface area (Å²) in [6, 6.07) is 6.26. The summed E-state index contributed by atoms with van der Waals surface area (Å²) in [5, 5.41) is 14.0. The van der Waals surface area contributed by atoms with Crippen LogP contribution in [0.5, 0.6) is 0 Å². The topological polar surface area (TPSA) is 40.5 Å². The van der Waals surface area contributed by atoms with Crippen LogP contribution in [0.15, 0.2) is 28.7 Å². The first-order chi connectivity index (χ1) is 5.20. The van der Waals surface area contributed by atoms with E-state index in [0.29, 0.717) is 0 Å². The highest BCUT2D eigenvalue weighted by Crippen LogP contribution is 2.09. The molecular weight excluding hydrogens is 214 g/mol. The Kier molecular flexibility index (Phi) is 6.11. The van der Waals surface area contributed by atoms with Crippen molar-refractivity contribution in [1.29, 1.82) is 0 Å². The average molecular weight is 220 g/mol. The highest BCUT2D eigenvalue weighted by molar-refractivity contribution is 9.10. The van der Waals surface area contributed by atoms with E-state index in [1.165, 1.54) is 12.1 Å². The third-order valence-electron chi connectivity index (χ3n) is 0.787. The first-order valence-electron chi connectivity index (χ1n) is 2.72. The van der Waals surface area contributed by atoms with Gasteiger partial charge in [-0.15, -0.1) is 0 Å². The first kappa shape index (κ1) is 10.6. The summed E-state index contributed by atoms with van der Waals surface area (Å²) in [5.41, 5.74) is 0. The van der Waals surface area contributed by atoms with Gasteiger partial charge < -0.3 is 10.0 Å². The molecule has 1 rings (SSSR count). The quantitative estimate of drug-likeness (QED) is 0.642. The second-order valence-corrected chi connectivity index (χ2v) is 2.47. The van der Waals surface area contributed by atoms with Gasteiger partial charge in [0.25, 0.3) is 0 Å². The zero-order chi connectivity index (χ0) is 8.69. The van der Waals surface area contributed by atoms with Gasteiger partial charge in [-0.05, 0) is 18.2 Å². The predicted molar refractivity (Wildman–Crippen MR) is 44.3 cm³/mol. The van der Waals surface area contributed by atoms with E-state index < -0.39 is 0 Å². The molecule has 1 aromatic rings. The van der Waals surface area contributed by atoms with Crippen molar-refractivity contribution >= 4 is 23.6 Å². The Morgan fingerprint density at radius 3 is 2.18 bits per heavy atom. The molecule has 0 bridgehead atoms. The fourth-order valence-electron chi connectivity index (χ4n) is 0.460. The van der Waals surface area contributed by atoms with Crippen LogP contribution in [0.1, 0.15) is 0 Å². The van der Waals surface area contributed by atoms with E-state index in [2.05, 4.69) is 15.9 Å². The Morgan fingerprint density at radius 1 is 1.36 bits per heavy atom. The van der Waals surface area contributed by atoms with Gasteiger partial charge in [-0.3, -0.25) is 0 Å². The lowest BCUT2D eigenvalue weighted by molar-refractivity contribution is 0.448. The van der Waals surface area contributed by atoms with Crippen LogP contribution in [0.3, 0.4) is 0 Å². The maximum Gasteiger partial charge on any atom is 0.482 e. The van der Waals surface area contributed by atoms with Gasteiger partial charge in [-0.1, -0.05) is 22.0 Å². The molecule has 0 aliphatic heterocycles. The molecule has 1 aromatic carbocycles. The summed E-state index contributed by atoms with van der Waals surface area (Å²) in [4.78, 5) is 0. The van der Waals surface area contributed by atoms with Crippen molar-refractivity contribution in [2.24, 2.45) is 0 Å². The highest BCUT2D eigenvalue weighted by atomic mass is 79.9. The number of benzene rings is 1. The van der Waals surface area contributed by atoms with E-state index in [9.17, 15) is 4.39 Å². The van der Waals surface area contributed by atoms with Gasteiger partial charge in [0.2, 0.25) is 0 Å². The van der Waals surface area contributed by atoms with Crippen LogP contribution in [-0.4, -0.2) is 17.7 Å². The van der Waals surface area contributed by atoms with Crippen LogP contribution >= 0.6 is 15.9 Å². The minimum atomic E-state index is -0.209. The molecule has 59 valence electrons. The normalized spacial score (nSPS) is 8.00. The minimum Gasteiger partial charge on any atom is -0.429 e. The molecule has 1 radical (unpaired) electrons. The van der Waals surface area contributed by atoms with E-state index in [4.69, 9.17) is 10.0 Å². The van der Waals surface area contributed by atoms with Crippen LogP contribution in [0.25, 0.3) is 0 Å². The van der Waals surface area contributed by atoms with Crippen molar-refractivity contribution in [2.45, 2.75) is 0 Å². The van der Waals surface area contributed by atoms with Crippen LogP contribution in [0.2, 0.25) is 0 Å². The number of halogens is 2. The van der Waals surface area contributed by atoms with Crippen molar-refractivity contribution in [3.63, 3.8) is 0 Å². The lowest BCUT2D eigenvalue weighted by atomic mass is 10.4. The Labute approximate surface area is 73.1 Å². The lowest BCUT2D eigenvalue weighted by Gasteiger charge is -1.85. The smallest absolute Gasteiger partial charge is 0.429 e. The molecule has 0 aliphatic rings. The fraction of sp³-hybridized carbons (Fsp3) is 0. The van der Waals surface area contributed by atoms with Crippen molar-refractivity contribution in [3.8, 4) is 0 Å². The van der Waals surface area contributed by atoms with Gasteiger partial charge in [0.05, 0.1) is 0 Å². The van der Waals surface area contributed by atoms with Gasteiger partial charge in [-0.2, -0.15) is 0 Å². The van der Waals surface area contributed by atoms with E-state index in [0.717, 1.165) is 4.47 Å². The number of hydrogen-bond acceptors (Lipinski definition) is 2. The van der Waals surface area contributed by atoms with Crippen LogP contribution in [-0.2, 0) is 0 Å². The zero-order valence-electron chi connectivity index (χ0n) is 5.54. The van der Waals surface area contributed by atoms with Gasteiger partial charge in [-0.25, -0.2) is 4.39 Å². The van der Waals surface area contributed by atoms with E-state index in [1.807, 2.05) is 0 Å². The third kappa shape index (κ3) is 6.03. The summed E-state index contributed by atoms with van der Waals surface area (Å²) < 4.78 is 12.9. The van der Waals surface area contributed by atoms with Gasteiger partial charge in [0.1, 0.15) is 5.82 Å². The monoisotopic (exact) mass is 219 g/mol. The molecular formula is C6H6BBrFO2. The molecule has 0 saturated carbocycles. The van der Waals surface area contributed by atoms with Gasteiger partial charge in [0, 0.05) is 4.47 Å². The largest absolute Gasteiger partial charge is 0.482 e. The Bertz CT molecular complexity index is 192. The highest BCUT2D eigenvalue weighted by Gasteiger charge is 1.86. The number of hydrogen-bond donors (Lipinski definition) is 2. The van der Waals surface area contributed by atoms with Gasteiger partial charge in [0.15, 0.2) is 0 Å². The summed E-state index contributed by atoms with van der Waals surface area (Å²) in [7, 11) is 0. The maximum absolute atomic E-state index is 12.1. The van der Waals surface area contributed by atoms with Crippen molar-refractivity contribution in [2.75, 3.05) is 0 Å². The standard InChI is InChI=1S/C6H4BrF.BH2O2/c7-5-2-1-3-6(8)4-5;2-1-3/h1-4H;2-3H. The molecule has 0 saturated heterocycles. The first-order valence-corrected chi connectivity index (χ1v) is 3.51. The summed E-state index contributed by atoms with van der Waals surface area (Å²) in [6.07, 6.45) is 0. The van der Waals surface area contributed by atoms with Crippen molar-refractivity contribution < 1.29 is 14.4 Å².